The van der Waals surface area contributed by atoms with E-state index in [1.807, 2.05) is 0 Å². The lowest BCUT2D eigenvalue weighted by Gasteiger charge is -2.20. The van der Waals surface area contributed by atoms with Crippen LogP contribution in [-0.2, 0) is 27.9 Å². The topological polar surface area (TPSA) is 132 Å². The van der Waals surface area contributed by atoms with Crippen molar-refractivity contribution in [2.75, 3.05) is 33.0 Å². The summed E-state index contributed by atoms with van der Waals surface area (Å²) in [4.78, 5) is 22.6. The number of phosphoric ester groups is 1. The Balaban J connectivity index is 4.17. The van der Waals surface area contributed by atoms with Gasteiger partial charge in [-0.25, -0.2) is 4.57 Å². The van der Waals surface area contributed by atoms with Gasteiger partial charge in [0.2, 0.25) is 0 Å². The maximum atomic E-state index is 12.6. The number of hydrogen-bond donors (Lipinski definition) is 3. The summed E-state index contributed by atoms with van der Waals surface area (Å²) < 4.78 is 33.3. The molecule has 56 heavy (non-hydrogen) atoms. The number of ether oxygens (including phenoxy) is 2. The van der Waals surface area contributed by atoms with E-state index in [1.165, 1.54) is 57.8 Å². The number of carbonyl (C=O) groups is 1. The summed E-state index contributed by atoms with van der Waals surface area (Å²) in [6.45, 7) is 3.33. The highest BCUT2D eigenvalue weighted by Gasteiger charge is 2.26. The average Bonchev–Trinajstić information content (AvgIpc) is 3.19. The molecule has 0 heterocycles. The van der Waals surface area contributed by atoms with Crippen LogP contribution in [0.25, 0.3) is 0 Å². The predicted molar refractivity (Wildman–Crippen MR) is 233 cm³/mol. The molecular weight excluding hydrogens is 727 g/mol. The van der Waals surface area contributed by atoms with Crippen molar-refractivity contribution >= 4 is 13.8 Å². The Kier molecular flexibility index (Phi) is 40.9. The van der Waals surface area contributed by atoms with Crippen molar-refractivity contribution in [2.45, 2.75) is 180 Å². The Morgan fingerprint density at radius 2 is 1.02 bits per heavy atom. The molecule has 0 aromatic carbocycles. The lowest BCUT2D eigenvalue weighted by atomic mass is 10.1. The molecule has 0 saturated heterocycles. The molecule has 0 radical (unpaired) electrons. The summed E-state index contributed by atoms with van der Waals surface area (Å²) in [5.74, 6) is -0.399. The second kappa shape index (κ2) is 42.5. The Labute approximate surface area is 342 Å². The monoisotopic (exact) mass is 809 g/mol. The number of phosphoric acid groups is 1. The lowest BCUT2D eigenvalue weighted by Crippen LogP contribution is -2.29. The van der Waals surface area contributed by atoms with Crippen LogP contribution in [0.2, 0.25) is 0 Å². The molecule has 3 unspecified atom stereocenters. The molecule has 0 aromatic rings. The molecule has 0 aliphatic heterocycles. The highest BCUT2D eigenvalue weighted by Crippen LogP contribution is 2.43. The Hall–Kier alpha value is -2.10. The van der Waals surface area contributed by atoms with Crippen molar-refractivity contribution in [1.29, 1.82) is 0 Å². The molecule has 3 atom stereocenters. The molecule has 0 aromatic heterocycles. The molecule has 0 spiro atoms. The molecule has 0 aliphatic carbocycles. The molecule has 0 bridgehead atoms. The summed E-state index contributed by atoms with van der Waals surface area (Å²) in [6, 6.07) is 0. The van der Waals surface area contributed by atoms with Crippen molar-refractivity contribution in [3.8, 4) is 0 Å². The maximum Gasteiger partial charge on any atom is 0.472 e. The molecule has 0 rings (SSSR count). The summed E-state index contributed by atoms with van der Waals surface area (Å²) >= 11 is 0. The largest absolute Gasteiger partial charge is 0.472 e. The van der Waals surface area contributed by atoms with Crippen molar-refractivity contribution in [3.05, 3.63) is 72.9 Å². The van der Waals surface area contributed by atoms with Gasteiger partial charge in [-0.15, -0.1) is 0 Å². The van der Waals surface area contributed by atoms with Crippen LogP contribution in [0.3, 0.4) is 0 Å². The van der Waals surface area contributed by atoms with Crippen molar-refractivity contribution < 1.29 is 43.0 Å². The molecular formula is C46H81O9P. The van der Waals surface area contributed by atoms with E-state index < -0.39 is 39.2 Å². The fourth-order valence-corrected chi connectivity index (χ4v) is 6.33. The minimum Gasteiger partial charge on any atom is -0.457 e. The normalized spacial score (nSPS) is 14.7. The third-order valence-corrected chi connectivity index (χ3v) is 9.83. The minimum absolute atomic E-state index is 0.0367. The van der Waals surface area contributed by atoms with Gasteiger partial charge >= 0.3 is 13.8 Å². The van der Waals surface area contributed by atoms with Crippen molar-refractivity contribution in [1.82, 2.24) is 0 Å². The smallest absolute Gasteiger partial charge is 0.457 e. The van der Waals surface area contributed by atoms with E-state index in [0.717, 1.165) is 83.5 Å². The summed E-state index contributed by atoms with van der Waals surface area (Å²) in [5.41, 5.74) is 0. The van der Waals surface area contributed by atoms with E-state index in [9.17, 15) is 19.4 Å². The third-order valence-electron chi connectivity index (χ3n) is 8.88. The number of aliphatic hydroxyl groups is 2. The van der Waals surface area contributed by atoms with Gasteiger partial charge in [0, 0.05) is 13.0 Å². The third kappa shape index (κ3) is 41.5. The zero-order valence-corrected chi connectivity index (χ0v) is 36.2. The fourth-order valence-electron chi connectivity index (χ4n) is 5.54. The first kappa shape index (κ1) is 53.9. The highest BCUT2D eigenvalue weighted by molar-refractivity contribution is 7.47. The minimum atomic E-state index is -4.52. The summed E-state index contributed by atoms with van der Waals surface area (Å²) in [6.07, 6.45) is 50.0. The first-order valence-corrected chi connectivity index (χ1v) is 23.4. The van der Waals surface area contributed by atoms with Crippen LogP contribution in [0.15, 0.2) is 72.9 Å². The quantitative estimate of drug-likeness (QED) is 0.0239. The lowest BCUT2D eigenvalue weighted by molar-refractivity contribution is -0.154. The van der Waals surface area contributed by atoms with E-state index in [-0.39, 0.29) is 19.6 Å². The van der Waals surface area contributed by atoms with Crippen LogP contribution in [0.1, 0.15) is 168 Å². The number of rotatable bonds is 41. The second-order valence-corrected chi connectivity index (χ2v) is 15.8. The average molecular weight is 809 g/mol. The van der Waals surface area contributed by atoms with Gasteiger partial charge in [0.15, 0.2) is 0 Å². The fraction of sp³-hybridized carbons (Fsp3) is 0.717. The van der Waals surface area contributed by atoms with E-state index in [0.29, 0.717) is 13.0 Å². The van der Waals surface area contributed by atoms with Crippen LogP contribution in [0, 0.1) is 0 Å². The Morgan fingerprint density at radius 1 is 0.571 bits per heavy atom. The molecule has 0 fully saturated rings. The number of aliphatic hydroxyl groups excluding tert-OH is 2. The Bertz CT molecular complexity index is 1100. The van der Waals surface area contributed by atoms with Crippen molar-refractivity contribution in [3.63, 3.8) is 0 Å². The molecule has 0 aliphatic rings. The van der Waals surface area contributed by atoms with E-state index in [2.05, 4.69) is 86.8 Å². The van der Waals surface area contributed by atoms with Crippen LogP contribution in [0.5, 0.6) is 0 Å². The van der Waals surface area contributed by atoms with Crippen molar-refractivity contribution in [2.24, 2.45) is 0 Å². The zero-order chi connectivity index (χ0) is 41.1. The van der Waals surface area contributed by atoms with Gasteiger partial charge in [0.25, 0.3) is 0 Å². The zero-order valence-electron chi connectivity index (χ0n) is 35.3. The van der Waals surface area contributed by atoms with Gasteiger partial charge in [-0.05, 0) is 77.0 Å². The standard InChI is InChI=1S/C46H81O9P/c1-3-5-7-9-11-13-15-17-18-19-20-21-22-23-24-25-26-27-28-30-32-34-36-38-46(49)55-45(43-54-56(50,51)53-41-44(48)40-47)42-52-39-37-35-33-31-29-16-14-12-10-8-6-4-2/h5,7,10-13,17-18,20-21,23-24,44-45,47-48H,3-4,6,8-9,14-16,19,22,25-43H2,1-2H3,(H,50,51)/b7-5-,12-10-,13-11-,18-17-,21-20-,24-23-. The summed E-state index contributed by atoms with van der Waals surface area (Å²) in [5, 5.41) is 18.3. The summed E-state index contributed by atoms with van der Waals surface area (Å²) in [7, 11) is -4.52. The first-order valence-electron chi connectivity index (χ1n) is 21.9. The number of carbonyl (C=O) groups excluding carboxylic acids is 1. The van der Waals surface area contributed by atoms with Gasteiger partial charge in [-0.1, -0.05) is 157 Å². The number of esters is 1. The van der Waals surface area contributed by atoms with Crippen LogP contribution in [-0.4, -0.2) is 66.3 Å². The highest BCUT2D eigenvalue weighted by atomic mass is 31.2. The van der Waals surface area contributed by atoms with Gasteiger partial charge in [0.05, 0.1) is 26.4 Å². The van der Waals surface area contributed by atoms with Gasteiger partial charge in [-0.3, -0.25) is 13.8 Å². The van der Waals surface area contributed by atoms with E-state index in [4.69, 9.17) is 23.6 Å². The molecule has 0 amide bonds. The van der Waals surface area contributed by atoms with Gasteiger partial charge < -0.3 is 24.6 Å². The van der Waals surface area contributed by atoms with Crippen LogP contribution >= 0.6 is 7.82 Å². The Morgan fingerprint density at radius 3 is 1.55 bits per heavy atom. The van der Waals surface area contributed by atoms with Crippen LogP contribution < -0.4 is 0 Å². The molecule has 10 heteroatoms. The van der Waals surface area contributed by atoms with E-state index in [1.54, 1.807) is 0 Å². The SMILES string of the molecule is CC/C=C\C/C=C\C/C=C\C/C=C\C/C=C\CCCCCCCCCC(=O)OC(COCCCCCCCC/C=C\CCCC)COP(=O)(O)OCC(O)CO. The van der Waals surface area contributed by atoms with E-state index >= 15 is 0 Å². The first-order chi connectivity index (χ1) is 27.3. The van der Waals surface area contributed by atoms with Gasteiger partial charge in [0.1, 0.15) is 12.2 Å². The predicted octanol–water partition coefficient (Wildman–Crippen LogP) is 12.1. The molecule has 3 N–H and O–H groups in total. The number of hydrogen-bond acceptors (Lipinski definition) is 8. The molecule has 0 saturated carbocycles. The van der Waals surface area contributed by atoms with Gasteiger partial charge in [-0.2, -0.15) is 0 Å². The second-order valence-electron chi connectivity index (χ2n) is 14.3. The molecule has 9 nitrogen and oxygen atoms in total. The molecule has 324 valence electrons. The number of unbranched alkanes of at least 4 members (excludes halogenated alkanes) is 15. The maximum absolute atomic E-state index is 12.6. The number of allylic oxidation sites excluding steroid dienone is 12. The van der Waals surface area contributed by atoms with Crippen LogP contribution in [0.4, 0.5) is 0 Å².